The molecular weight excluding hydrogens is 374 g/mol. The van der Waals surface area contributed by atoms with E-state index in [0.717, 1.165) is 36.1 Å². The van der Waals surface area contributed by atoms with Crippen molar-refractivity contribution in [2.24, 2.45) is 0 Å². The van der Waals surface area contributed by atoms with Gasteiger partial charge in [0.05, 0.1) is 0 Å². The van der Waals surface area contributed by atoms with Gasteiger partial charge in [-0.2, -0.15) is 0 Å². The van der Waals surface area contributed by atoms with Crippen molar-refractivity contribution in [2.75, 3.05) is 7.05 Å². The van der Waals surface area contributed by atoms with Crippen molar-refractivity contribution >= 4 is 11.3 Å². The number of allylic oxidation sites excluding steroid dienone is 2. The fraction of sp³-hybridized carbons (Fsp3) is 0.200. The first-order valence-corrected chi connectivity index (χ1v) is 10.8. The minimum absolute atomic E-state index is 0.975. The second-order valence-corrected chi connectivity index (χ2v) is 7.80. The molecule has 0 aliphatic rings. The van der Waals surface area contributed by atoms with Crippen molar-refractivity contribution in [3.8, 4) is 0 Å². The Morgan fingerprint density at radius 1 is 0.742 bits per heavy atom. The minimum atomic E-state index is 0.975. The molecule has 0 bridgehead atoms. The molecular formula is C30H35N. The first-order chi connectivity index (χ1) is 14.9. The topological polar surface area (TPSA) is 12.0 Å². The molecule has 0 fully saturated rings. The van der Waals surface area contributed by atoms with E-state index in [1.807, 2.05) is 26.1 Å². The highest BCUT2D eigenvalue weighted by Crippen LogP contribution is 2.24. The SMILES string of the molecule is C=C(C)C(=C)c1ccccc1CCCc1ccccc1.C=C(NC)c1ccccc1C. The maximum Gasteiger partial charge on any atom is 0.0340 e. The van der Waals surface area contributed by atoms with E-state index in [9.17, 15) is 0 Å². The van der Waals surface area contributed by atoms with Gasteiger partial charge >= 0.3 is 0 Å². The second kappa shape index (κ2) is 12.4. The van der Waals surface area contributed by atoms with Crippen LogP contribution in [0.5, 0.6) is 0 Å². The molecule has 0 heterocycles. The van der Waals surface area contributed by atoms with E-state index in [-0.39, 0.29) is 0 Å². The zero-order chi connectivity index (χ0) is 22.6. The highest BCUT2D eigenvalue weighted by atomic mass is 14.8. The van der Waals surface area contributed by atoms with Gasteiger partial charge in [0, 0.05) is 12.7 Å². The Morgan fingerprint density at radius 3 is 1.94 bits per heavy atom. The van der Waals surface area contributed by atoms with E-state index in [4.69, 9.17) is 0 Å². The predicted molar refractivity (Wildman–Crippen MR) is 138 cm³/mol. The zero-order valence-corrected chi connectivity index (χ0v) is 19.2. The molecule has 0 aliphatic heterocycles. The summed E-state index contributed by atoms with van der Waals surface area (Å²) in [4.78, 5) is 0. The summed E-state index contributed by atoms with van der Waals surface area (Å²) in [5, 5.41) is 3.03. The number of hydrogen-bond donors (Lipinski definition) is 1. The Hall–Kier alpha value is -3.32. The van der Waals surface area contributed by atoms with Crippen LogP contribution in [0.1, 0.15) is 41.2 Å². The Morgan fingerprint density at radius 2 is 1.32 bits per heavy atom. The molecule has 3 rings (SSSR count). The maximum absolute atomic E-state index is 4.15. The van der Waals surface area contributed by atoms with Gasteiger partial charge in [0.25, 0.3) is 0 Å². The number of aryl methyl sites for hydroxylation is 3. The van der Waals surface area contributed by atoms with Crippen LogP contribution >= 0.6 is 0 Å². The fourth-order valence-corrected chi connectivity index (χ4v) is 3.44. The van der Waals surface area contributed by atoms with Gasteiger partial charge in [-0.05, 0) is 66.5 Å². The average molecular weight is 410 g/mol. The van der Waals surface area contributed by atoms with Crippen LogP contribution in [0.4, 0.5) is 0 Å². The molecule has 0 saturated heterocycles. The first kappa shape index (κ1) is 24.0. The van der Waals surface area contributed by atoms with Crippen LogP contribution in [0, 0.1) is 6.92 Å². The standard InChI is InChI=1S/C20H22.C10H13N/c1-16(2)17(3)20-15-8-7-13-19(20)14-9-12-18-10-5-4-6-11-18;1-8-6-4-5-7-10(8)9(2)11-3/h4-8,10-11,13,15H,1,3,9,12,14H2,2H3;4-7,11H,2H2,1,3H3. The first-order valence-electron chi connectivity index (χ1n) is 10.8. The van der Waals surface area contributed by atoms with Crippen molar-refractivity contribution < 1.29 is 0 Å². The highest BCUT2D eigenvalue weighted by Gasteiger charge is 2.06. The lowest BCUT2D eigenvalue weighted by Gasteiger charge is -2.12. The molecule has 0 aromatic heterocycles. The number of hydrogen-bond acceptors (Lipinski definition) is 1. The van der Waals surface area contributed by atoms with Crippen LogP contribution in [-0.2, 0) is 12.8 Å². The smallest absolute Gasteiger partial charge is 0.0340 e. The molecule has 0 atom stereocenters. The van der Waals surface area contributed by atoms with Gasteiger partial charge in [0.15, 0.2) is 0 Å². The van der Waals surface area contributed by atoms with Crippen LogP contribution in [0.2, 0.25) is 0 Å². The molecule has 3 aromatic carbocycles. The molecule has 31 heavy (non-hydrogen) atoms. The van der Waals surface area contributed by atoms with E-state index in [0.29, 0.717) is 0 Å². The lowest BCUT2D eigenvalue weighted by atomic mass is 9.93. The predicted octanol–water partition coefficient (Wildman–Crippen LogP) is 7.64. The molecule has 3 aromatic rings. The van der Waals surface area contributed by atoms with Crippen molar-refractivity contribution in [3.63, 3.8) is 0 Å². The number of benzene rings is 3. The molecule has 160 valence electrons. The Balaban J connectivity index is 0.000000262. The lowest BCUT2D eigenvalue weighted by Crippen LogP contribution is -2.03. The van der Waals surface area contributed by atoms with Gasteiger partial charge in [-0.15, -0.1) is 0 Å². The zero-order valence-electron chi connectivity index (χ0n) is 19.2. The maximum atomic E-state index is 4.15. The number of nitrogens with one attached hydrogen (secondary N) is 1. The Kier molecular flexibility index (Phi) is 9.58. The summed E-state index contributed by atoms with van der Waals surface area (Å²) in [5.74, 6) is 0. The highest BCUT2D eigenvalue weighted by molar-refractivity contribution is 5.77. The van der Waals surface area contributed by atoms with Gasteiger partial charge in [-0.25, -0.2) is 0 Å². The Bertz CT molecular complexity index is 1010. The quantitative estimate of drug-likeness (QED) is 0.377. The van der Waals surface area contributed by atoms with Crippen molar-refractivity contribution in [3.05, 3.63) is 132 Å². The monoisotopic (exact) mass is 409 g/mol. The molecule has 1 nitrogen and oxygen atoms in total. The van der Waals surface area contributed by atoms with Crippen LogP contribution in [-0.4, -0.2) is 7.05 Å². The van der Waals surface area contributed by atoms with Crippen LogP contribution in [0.3, 0.4) is 0 Å². The van der Waals surface area contributed by atoms with Gasteiger partial charge in [0.2, 0.25) is 0 Å². The Labute approximate surface area is 188 Å². The normalized spacial score (nSPS) is 9.90. The van der Waals surface area contributed by atoms with E-state index in [1.54, 1.807) is 0 Å². The molecule has 0 aliphatic carbocycles. The van der Waals surface area contributed by atoms with Crippen molar-refractivity contribution in [1.29, 1.82) is 0 Å². The van der Waals surface area contributed by atoms with Crippen LogP contribution in [0.15, 0.2) is 104 Å². The molecule has 0 radical (unpaired) electrons. The van der Waals surface area contributed by atoms with E-state index in [2.05, 4.69) is 98.7 Å². The summed E-state index contributed by atoms with van der Waals surface area (Å²) in [6.45, 7) is 16.1. The van der Waals surface area contributed by atoms with Gasteiger partial charge in [0.1, 0.15) is 0 Å². The third kappa shape index (κ3) is 7.46. The van der Waals surface area contributed by atoms with Crippen LogP contribution in [0.25, 0.3) is 11.3 Å². The summed E-state index contributed by atoms with van der Waals surface area (Å²) in [6.07, 6.45) is 3.36. The second-order valence-electron chi connectivity index (χ2n) is 7.80. The van der Waals surface area contributed by atoms with Crippen molar-refractivity contribution in [2.45, 2.75) is 33.1 Å². The molecule has 1 heteroatoms. The molecule has 0 amide bonds. The summed E-state index contributed by atoms with van der Waals surface area (Å²) >= 11 is 0. The molecule has 0 unspecified atom stereocenters. The van der Waals surface area contributed by atoms with Gasteiger partial charge in [-0.3, -0.25) is 0 Å². The lowest BCUT2D eigenvalue weighted by molar-refractivity contribution is 0.819. The summed E-state index contributed by atoms with van der Waals surface area (Å²) in [6, 6.07) is 27.4. The van der Waals surface area contributed by atoms with Gasteiger partial charge in [-0.1, -0.05) is 104 Å². The van der Waals surface area contributed by atoms with E-state index in [1.165, 1.54) is 27.8 Å². The molecule has 0 spiro atoms. The van der Waals surface area contributed by atoms with Gasteiger partial charge < -0.3 is 5.32 Å². The molecule has 0 saturated carbocycles. The fourth-order valence-electron chi connectivity index (χ4n) is 3.44. The van der Waals surface area contributed by atoms with Crippen LogP contribution < -0.4 is 5.32 Å². The minimum Gasteiger partial charge on any atom is -0.388 e. The number of rotatable bonds is 8. The average Bonchev–Trinajstić information content (AvgIpc) is 2.80. The third-order valence-corrected chi connectivity index (χ3v) is 5.38. The summed E-state index contributed by atoms with van der Waals surface area (Å²) in [7, 11) is 1.88. The molecule has 1 N–H and O–H groups in total. The largest absolute Gasteiger partial charge is 0.388 e. The van der Waals surface area contributed by atoms with E-state index >= 15 is 0 Å². The van der Waals surface area contributed by atoms with Crippen molar-refractivity contribution in [1.82, 2.24) is 5.32 Å². The third-order valence-electron chi connectivity index (χ3n) is 5.38. The summed E-state index contributed by atoms with van der Waals surface area (Å²) in [5.41, 5.74) is 9.54. The summed E-state index contributed by atoms with van der Waals surface area (Å²) < 4.78 is 0. The van der Waals surface area contributed by atoms with E-state index < -0.39 is 0 Å².